The summed E-state index contributed by atoms with van der Waals surface area (Å²) in [5.41, 5.74) is 4.51. The molecule has 0 radical (unpaired) electrons. The second kappa shape index (κ2) is 8.89. The van der Waals surface area contributed by atoms with Gasteiger partial charge in [-0.25, -0.2) is 0 Å². The Hall–Kier alpha value is -2.34. The van der Waals surface area contributed by atoms with Gasteiger partial charge in [-0.05, 0) is 67.6 Å². The van der Waals surface area contributed by atoms with E-state index in [0.717, 1.165) is 48.8 Å². The third-order valence-corrected chi connectivity index (χ3v) is 7.19. The quantitative estimate of drug-likeness (QED) is 0.563. The second-order valence-corrected chi connectivity index (χ2v) is 9.46. The molecule has 2 aliphatic heterocycles. The van der Waals surface area contributed by atoms with Gasteiger partial charge < -0.3 is 10.2 Å². The van der Waals surface area contributed by atoms with E-state index in [4.69, 9.17) is 23.2 Å². The molecule has 1 N–H and O–H groups in total. The lowest BCUT2D eigenvalue weighted by Crippen LogP contribution is -2.45. The van der Waals surface area contributed by atoms with E-state index in [-0.39, 0.29) is 18.0 Å². The Bertz CT molecular complexity index is 1200. The summed E-state index contributed by atoms with van der Waals surface area (Å²) in [6.07, 6.45) is 6.97. The summed E-state index contributed by atoms with van der Waals surface area (Å²) >= 11 is 12.5. The molecule has 0 saturated carbocycles. The predicted molar refractivity (Wildman–Crippen MR) is 130 cm³/mol. The molecule has 5 rings (SSSR count). The van der Waals surface area contributed by atoms with E-state index in [2.05, 4.69) is 41.6 Å². The number of rotatable bonds is 4. The van der Waals surface area contributed by atoms with Crippen molar-refractivity contribution in [1.82, 2.24) is 20.0 Å². The molecule has 2 unspecified atom stereocenters. The maximum Gasteiger partial charge on any atom is 0.239 e. The van der Waals surface area contributed by atoms with Crippen molar-refractivity contribution in [1.29, 1.82) is 0 Å². The number of nitrogens with zero attached hydrogens (tertiary/aromatic N) is 3. The lowest BCUT2D eigenvalue weighted by Gasteiger charge is -2.29. The molecular formula is C25H26Cl2N4O. The lowest BCUT2D eigenvalue weighted by atomic mass is 9.98. The number of nitrogens with one attached hydrogen (secondary N) is 1. The van der Waals surface area contributed by atoms with Crippen LogP contribution in [0.3, 0.4) is 0 Å². The number of benzene rings is 2. The van der Waals surface area contributed by atoms with Gasteiger partial charge in [0.2, 0.25) is 5.91 Å². The summed E-state index contributed by atoms with van der Waals surface area (Å²) < 4.78 is 2.01. The molecule has 5 nitrogen and oxygen atoms in total. The first kappa shape index (κ1) is 21.5. The maximum absolute atomic E-state index is 12.7. The summed E-state index contributed by atoms with van der Waals surface area (Å²) in [6.45, 7) is 4.46. The number of carbonyl (C=O) groups excluding carboxylic acids is 1. The monoisotopic (exact) mass is 468 g/mol. The molecule has 2 atom stereocenters. The standard InChI is InChI=1S/C25H26Cl2N4O/c1-16(21-7-6-20(26)14-22(21)27)31-24-13-18(4-5-19(24)15-29-31)17-8-11-30(12-9-17)25(32)23-3-2-10-28-23/h4-8,13-16,23,28H,2-3,9-12H2,1H3. The number of aromatic nitrogens is 2. The van der Waals surface area contributed by atoms with Crippen molar-refractivity contribution in [3.63, 3.8) is 0 Å². The molecule has 166 valence electrons. The van der Waals surface area contributed by atoms with Gasteiger partial charge >= 0.3 is 0 Å². The minimum atomic E-state index is -0.0279. The van der Waals surface area contributed by atoms with Crippen LogP contribution in [0.25, 0.3) is 16.5 Å². The molecule has 7 heteroatoms. The fourth-order valence-electron chi connectivity index (χ4n) is 4.77. The number of hydrogen-bond acceptors (Lipinski definition) is 3. The first-order chi connectivity index (χ1) is 15.5. The Balaban J connectivity index is 1.40. The average Bonchev–Trinajstić information content (AvgIpc) is 3.48. The van der Waals surface area contributed by atoms with E-state index >= 15 is 0 Å². The topological polar surface area (TPSA) is 50.2 Å². The van der Waals surface area contributed by atoms with Gasteiger partial charge in [0, 0.05) is 28.5 Å². The molecule has 1 saturated heterocycles. The normalized spacial score (nSPS) is 19.9. The summed E-state index contributed by atoms with van der Waals surface area (Å²) in [5, 5.41) is 10.3. The molecule has 32 heavy (non-hydrogen) atoms. The molecule has 3 aromatic rings. The van der Waals surface area contributed by atoms with Gasteiger partial charge in [-0.15, -0.1) is 0 Å². The van der Waals surface area contributed by atoms with Crippen molar-refractivity contribution < 1.29 is 4.79 Å². The van der Waals surface area contributed by atoms with Gasteiger partial charge in [0.25, 0.3) is 0 Å². The highest BCUT2D eigenvalue weighted by molar-refractivity contribution is 6.35. The molecule has 0 bridgehead atoms. The van der Waals surface area contributed by atoms with Crippen LogP contribution in [0.1, 0.15) is 43.4 Å². The summed E-state index contributed by atoms with van der Waals surface area (Å²) in [4.78, 5) is 14.7. The molecule has 2 aromatic carbocycles. The van der Waals surface area contributed by atoms with Crippen LogP contribution in [0.4, 0.5) is 0 Å². The van der Waals surface area contributed by atoms with E-state index in [1.807, 2.05) is 27.9 Å². The van der Waals surface area contributed by atoms with E-state index in [0.29, 0.717) is 16.6 Å². The van der Waals surface area contributed by atoms with Crippen LogP contribution in [0.2, 0.25) is 10.0 Å². The first-order valence-electron chi connectivity index (χ1n) is 11.1. The number of hydrogen-bond donors (Lipinski definition) is 1. The second-order valence-electron chi connectivity index (χ2n) is 8.62. The average molecular weight is 469 g/mol. The van der Waals surface area contributed by atoms with Crippen LogP contribution >= 0.6 is 23.2 Å². The Morgan fingerprint density at radius 1 is 1.22 bits per heavy atom. The summed E-state index contributed by atoms with van der Waals surface area (Å²) in [5.74, 6) is 0.236. The highest BCUT2D eigenvalue weighted by atomic mass is 35.5. The molecule has 0 spiro atoms. The number of halogens is 2. The van der Waals surface area contributed by atoms with Gasteiger partial charge in [0.15, 0.2) is 0 Å². The fraction of sp³-hybridized carbons (Fsp3) is 0.360. The third-order valence-electron chi connectivity index (χ3n) is 6.63. The van der Waals surface area contributed by atoms with Crippen molar-refractivity contribution in [2.45, 2.75) is 38.3 Å². The molecule has 1 aromatic heterocycles. The smallest absolute Gasteiger partial charge is 0.239 e. The zero-order valence-electron chi connectivity index (χ0n) is 18.0. The predicted octanol–water partition coefficient (Wildman–Crippen LogP) is 5.32. The van der Waals surface area contributed by atoms with E-state index in [9.17, 15) is 4.79 Å². The number of amides is 1. The Labute approximate surface area is 198 Å². The zero-order valence-corrected chi connectivity index (χ0v) is 19.5. The van der Waals surface area contributed by atoms with Crippen molar-refractivity contribution >= 4 is 45.6 Å². The number of fused-ring (bicyclic) bond motifs is 1. The van der Waals surface area contributed by atoms with Crippen molar-refractivity contribution in [3.8, 4) is 0 Å². The highest BCUT2D eigenvalue weighted by Crippen LogP contribution is 2.32. The fourth-order valence-corrected chi connectivity index (χ4v) is 5.33. The highest BCUT2D eigenvalue weighted by Gasteiger charge is 2.28. The first-order valence-corrected chi connectivity index (χ1v) is 11.9. The van der Waals surface area contributed by atoms with Gasteiger partial charge in [-0.1, -0.05) is 47.5 Å². The Kier molecular flexibility index (Phi) is 5.97. The van der Waals surface area contributed by atoms with Gasteiger partial charge in [0.05, 0.1) is 23.8 Å². The summed E-state index contributed by atoms with van der Waals surface area (Å²) in [6, 6.07) is 12.0. The van der Waals surface area contributed by atoms with Crippen LogP contribution in [0, 0.1) is 0 Å². The van der Waals surface area contributed by atoms with Crippen molar-refractivity contribution in [3.05, 3.63) is 69.8 Å². The minimum absolute atomic E-state index is 0.00293. The molecule has 2 aliphatic rings. The van der Waals surface area contributed by atoms with Crippen molar-refractivity contribution in [2.75, 3.05) is 19.6 Å². The largest absolute Gasteiger partial charge is 0.337 e. The maximum atomic E-state index is 12.7. The van der Waals surface area contributed by atoms with Crippen LogP contribution in [-0.4, -0.2) is 46.3 Å². The number of carbonyl (C=O) groups is 1. The van der Waals surface area contributed by atoms with Crippen LogP contribution in [0.5, 0.6) is 0 Å². The van der Waals surface area contributed by atoms with E-state index in [1.54, 1.807) is 6.07 Å². The molecular weight excluding hydrogens is 443 g/mol. The van der Waals surface area contributed by atoms with Gasteiger partial charge in [0.1, 0.15) is 0 Å². The SMILES string of the molecule is CC(c1ccc(Cl)cc1Cl)n1ncc2ccc(C3=CCN(C(=O)C4CCCN4)CC3)cc21. The van der Waals surface area contributed by atoms with Gasteiger partial charge in [-0.2, -0.15) is 5.10 Å². The van der Waals surface area contributed by atoms with Crippen LogP contribution in [0.15, 0.2) is 48.7 Å². The Morgan fingerprint density at radius 2 is 2.09 bits per heavy atom. The summed E-state index contributed by atoms with van der Waals surface area (Å²) in [7, 11) is 0. The third kappa shape index (κ3) is 4.05. The minimum Gasteiger partial charge on any atom is -0.337 e. The van der Waals surface area contributed by atoms with E-state index < -0.39 is 0 Å². The van der Waals surface area contributed by atoms with Crippen LogP contribution < -0.4 is 5.32 Å². The van der Waals surface area contributed by atoms with E-state index in [1.165, 1.54) is 11.1 Å². The lowest BCUT2D eigenvalue weighted by molar-refractivity contribution is -0.132. The molecule has 0 aliphatic carbocycles. The Morgan fingerprint density at radius 3 is 2.81 bits per heavy atom. The molecule has 1 fully saturated rings. The van der Waals surface area contributed by atoms with Gasteiger partial charge in [-0.3, -0.25) is 9.48 Å². The molecule has 3 heterocycles. The van der Waals surface area contributed by atoms with Crippen LogP contribution in [-0.2, 0) is 4.79 Å². The molecule has 1 amide bonds. The zero-order chi connectivity index (χ0) is 22.2. The van der Waals surface area contributed by atoms with Crippen molar-refractivity contribution in [2.24, 2.45) is 0 Å².